The molecule has 1 N–H and O–H groups in total. The number of rotatable bonds is 4. The van der Waals surface area contributed by atoms with Gasteiger partial charge >= 0.3 is 0 Å². The minimum Gasteiger partial charge on any atom is -0.444 e. The van der Waals surface area contributed by atoms with Gasteiger partial charge in [0.1, 0.15) is 6.04 Å². The molecule has 1 aliphatic heterocycles. The first kappa shape index (κ1) is 17.8. The zero-order valence-corrected chi connectivity index (χ0v) is 15.4. The second-order valence-electron chi connectivity index (χ2n) is 7.46. The lowest BCUT2D eigenvalue weighted by Crippen LogP contribution is -2.46. The van der Waals surface area contributed by atoms with Crippen molar-refractivity contribution in [3.8, 4) is 11.3 Å². The maximum Gasteiger partial charge on any atom is 0.247 e. The largest absolute Gasteiger partial charge is 0.444 e. The maximum absolute atomic E-state index is 12.9. The fourth-order valence-corrected chi connectivity index (χ4v) is 4.22. The van der Waals surface area contributed by atoms with Gasteiger partial charge in [-0.25, -0.2) is 4.98 Å². The molecule has 1 saturated heterocycles. The third kappa shape index (κ3) is 3.89. The molecule has 142 valence electrons. The predicted molar refractivity (Wildman–Crippen MR) is 102 cm³/mol. The molecule has 0 spiro atoms. The third-order valence-electron chi connectivity index (χ3n) is 5.64. The van der Waals surface area contributed by atoms with Gasteiger partial charge in [-0.15, -0.1) is 0 Å². The molecule has 2 aliphatic rings. The van der Waals surface area contributed by atoms with Gasteiger partial charge in [0.05, 0.1) is 6.20 Å². The van der Waals surface area contributed by atoms with E-state index in [9.17, 15) is 9.59 Å². The van der Waals surface area contributed by atoms with Crippen LogP contribution in [0.25, 0.3) is 11.3 Å². The van der Waals surface area contributed by atoms with Crippen LogP contribution >= 0.6 is 0 Å². The average molecular weight is 367 g/mol. The SMILES string of the molecule is O=C(Nc1cccc(-c2cnco2)c1)C1CCCN1C(=O)C1CCCCC1. The van der Waals surface area contributed by atoms with Crippen molar-refractivity contribution in [2.45, 2.75) is 51.0 Å². The van der Waals surface area contributed by atoms with Crippen LogP contribution in [0.2, 0.25) is 0 Å². The Hall–Kier alpha value is -2.63. The van der Waals surface area contributed by atoms with Gasteiger partial charge in [-0.05, 0) is 37.8 Å². The zero-order valence-electron chi connectivity index (χ0n) is 15.4. The van der Waals surface area contributed by atoms with Gasteiger partial charge in [-0.3, -0.25) is 9.59 Å². The Kier molecular flexibility index (Phi) is 5.23. The van der Waals surface area contributed by atoms with Gasteiger partial charge in [-0.2, -0.15) is 0 Å². The fourth-order valence-electron chi connectivity index (χ4n) is 4.22. The Labute approximate surface area is 159 Å². The van der Waals surface area contributed by atoms with Gasteiger partial charge in [0.25, 0.3) is 0 Å². The van der Waals surface area contributed by atoms with E-state index in [1.165, 1.54) is 12.8 Å². The molecule has 1 atom stereocenters. The smallest absolute Gasteiger partial charge is 0.247 e. The second-order valence-corrected chi connectivity index (χ2v) is 7.46. The van der Waals surface area contributed by atoms with Crippen molar-refractivity contribution in [2.24, 2.45) is 5.92 Å². The summed E-state index contributed by atoms with van der Waals surface area (Å²) in [5.74, 6) is 0.817. The number of hydrogen-bond donors (Lipinski definition) is 1. The summed E-state index contributed by atoms with van der Waals surface area (Å²) in [4.78, 5) is 31.5. The van der Waals surface area contributed by atoms with E-state index in [2.05, 4.69) is 10.3 Å². The van der Waals surface area contributed by atoms with Gasteiger partial charge in [0, 0.05) is 23.7 Å². The third-order valence-corrected chi connectivity index (χ3v) is 5.64. The minimum atomic E-state index is -0.367. The van der Waals surface area contributed by atoms with E-state index >= 15 is 0 Å². The summed E-state index contributed by atoms with van der Waals surface area (Å²) in [6.07, 6.45) is 10.0. The van der Waals surface area contributed by atoms with Crippen molar-refractivity contribution in [3.05, 3.63) is 36.9 Å². The molecule has 1 aromatic heterocycles. The van der Waals surface area contributed by atoms with E-state index in [1.54, 1.807) is 6.20 Å². The Morgan fingerprint density at radius 1 is 1.11 bits per heavy atom. The van der Waals surface area contributed by atoms with Crippen LogP contribution < -0.4 is 5.32 Å². The number of benzene rings is 1. The summed E-state index contributed by atoms with van der Waals surface area (Å²) in [7, 11) is 0. The molecule has 1 saturated carbocycles. The number of likely N-dealkylation sites (tertiary alicyclic amines) is 1. The quantitative estimate of drug-likeness (QED) is 0.890. The minimum absolute atomic E-state index is 0.0990. The van der Waals surface area contributed by atoms with Crippen LogP contribution in [0.3, 0.4) is 0 Å². The molecule has 0 radical (unpaired) electrons. The van der Waals surface area contributed by atoms with Gasteiger partial charge in [0.15, 0.2) is 12.2 Å². The number of hydrogen-bond acceptors (Lipinski definition) is 4. The first-order valence-corrected chi connectivity index (χ1v) is 9.82. The second kappa shape index (κ2) is 7.94. The molecule has 27 heavy (non-hydrogen) atoms. The fraction of sp³-hybridized carbons (Fsp3) is 0.476. The highest BCUT2D eigenvalue weighted by Gasteiger charge is 2.37. The Bertz CT molecular complexity index is 797. The first-order valence-electron chi connectivity index (χ1n) is 9.82. The van der Waals surface area contributed by atoms with Gasteiger partial charge in [-0.1, -0.05) is 31.4 Å². The number of nitrogens with one attached hydrogen (secondary N) is 1. The number of carbonyl (C=O) groups excluding carboxylic acids is 2. The zero-order chi connectivity index (χ0) is 18.6. The number of amides is 2. The predicted octanol–water partition coefficient (Wildman–Crippen LogP) is 3.85. The number of oxazole rings is 1. The van der Waals surface area contributed by atoms with E-state index in [0.29, 0.717) is 18.0 Å². The summed E-state index contributed by atoms with van der Waals surface area (Å²) >= 11 is 0. The summed E-state index contributed by atoms with van der Waals surface area (Å²) in [5, 5.41) is 2.98. The summed E-state index contributed by atoms with van der Waals surface area (Å²) in [6.45, 7) is 0.686. The molecule has 6 heteroatoms. The average Bonchev–Trinajstić information content (AvgIpc) is 3.40. The summed E-state index contributed by atoms with van der Waals surface area (Å²) in [5.41, 5.74) is 1.55. The molecule has 2 aromatic rings. The van der Waals surface area contributed by atoms with Crippen LogP contribution in [-0.4, -0.2) is 34.3 Å². The monoisotopic (exact) mass is 367 g/mol. The van der Waals surface area contributed by atoms with E-state index in [-0.39, 0.29) is 23.8 Å². The van der Waals surface area contributed by atoms with Crippen LogP contribution in [0.1, 0.15) is 44.9 Å². The maximum atomic E-state index is 12.9. The van der Waals surface area contributed by atoms with Crippen molar-refractivity contribution < 1.29 is 14.0 Å². The number of aromatic nitrogens is 1. The normalized spacial score (nSPS) is 20.6. The molecule has 6 nitrogen and oxygen atoms in total. The number of nitrogens with zero attached hydrogens (tertiary/aromatic N) is 2. The van der Waals surface area contributed by atoms with Crippen molar-refractivity contribution in [3.63, 3.8) is 0 Å². The van der Waals surface area contributed by atoms with Crippen molar-refractivity contribution >= 4 is 17.5 Å². The van der Waals surface area contributed by atoms with E-state index in [1.807, 2.05) is 29.2 Å². The molecule has 2 fully saturated rings. The molecular weight excluding hydrogens is 342 g/mol. The van der Waals surface area contributed by atoms with Crippen LogP contribution in [0.15, 0.2) is 41.3 Å². The van der Waals surface area contributed by atoms with Crippen LogP contribution in [0.4, 0.5) is 5.69 Å². The van der Waals surface area contributed by atoms with Crippen molar-refractivity contribution in [2.75, 3.05) is 11.9 Å². The highest BCUT2D eigenvalue weighted by atomic mass is 16.3. The van der Waals surface area contributed by atoms with Crippen LogP contribution in [0.5, 0.6) is 0 Å². The molecule has 2 heterocycles. The number of anilines is 1. The number of carbonyl (C=O) groups is 2. The molecule has 1 aromatic carbocycles. The van der Waals surface area contributed by atoms with Crippen molar-refractivity contribution in [1.29, 1.82) is 0 Å². The van der Waals surface area contributed by atoms with Gasteiger partial charge < -0.3 is 14.6 Å². The first-order chi connectivity index (χ1) is 13.2. The standard InChI is InChI=1S/C21H25N3O3/c25-20(23-17-9-4-8-16(12-17)19-13-22-14-27-19)18-10-5-11-24(18)21(26)15-6-2-1-3-7-15/h4,8-9,12-15,18H,1-3,5-7,10-11H2,(H,23,25). The Morgan fingerprint density at radius 3 is 2.74 bits per heavy atom. The molecule has 2 amide bonds. The van der Waals surface area contributed by atoms with E-state index in [0.717, 1.165) is 44.1 Å². The lowest BCUT2D eigenvalue weighted by atomic mass is 9.88. The Morgan fingerprint density at radius 2 is 1.96 bits per heavy atom. The van der Waals surface area contributed by atoms with E-state index < -0.39 is 0 Å². The van der Waals surface area contributed by atoms with E-state index in [4.69, 9.17) is 4.42 Å². The lowest BCUT2D eigenvalue weighted by Gasteiger charge is -2.30. The lowest BCUT2D eigenvalue weighted by molar-refractivity contribution is -0.141. The molecule has 0 bridgehead atoms. The highest BCUT2D eigenvalue weighted by Crippen LogP contribution is 2.29. The van der Waals surface area contributed by atoms with Crippen molar-refractivity contribution in [1.82, 2.24) is 9.88 Å². The molecule has 4 rings (SSSR count). The van der Waals surface area contributed by atoms with Crippen LogP contribution in [0, 0.1) is 5.92 Å². The molecular formula is C21H25N3O3. The highest BCUT2D eigenvalue weighted by molar-refractivity contribution is 5.98. The molecule has 1 unspecified atom stereocenters. The Balaban J connectivity index is 1.44. The molecule has 1 aliphatic carbocycles. The summed E-state index contributed by atoms with van der Waals surface area (Å²) in [6, 6.07) is 7.12. The van der Waals surface area contributed by atoms with Gasteiger partial charge in [0.2, 0.25) is 11.8 Å². The topological polar surface area (TPSA) is 75.4 Å². The van der Waals surface area contributed by atoms with Crippen LogP contribution in [-0.2, 0) is 9.59 Å². The summed E-state index contributed by atoms with van der Waals surface area (Å²) < 4.78 is 5.32.